The van der Waals surface area contributed by atoms with Crippen LogP contribution in [0.25, 0.3) is 5.57 Å². The molecule has 0 radical (unpaired) electrons. The summed E-state index contributed by atoms with van der Waals surface area (Å²) >= 11 is 0. The third-order valence-electron chi connectivity index (χ3n) is 5.22. The molecule has 0 saturated heterocycles. The monoisotopic (exact) mass is 360 g/mol. The molecule has 3 rings (SSSR count). The second-order valence-electron chi connectivity index (χ2n) is 6.92. The Hall–Kier alpha value is -2.23. The summed E-state index contributed by atoms with van der Waals surface area (Å²) in [5, 5.41) is 0. The van der Waals surface area contributed by atoms with Gasteiger partial charge in [-0.3, -0.25) is 0 Å². The summed E-state index contributed by atoms with van der Waals surface area (Å²) in [7, 11) is 1.52. The fourth-order valence-corrected chi connectivity index (χ4v) is 3.52. The van der Waals surface area contributed by atoms with Crippen LogP contribution in [0.4, 0.5) is 13.2 Å². The van der Waals surface area contributed by atoms with E-state index in [9.17, 15) is 13.2 Å². The zero-order valence-corrected chi connectivity index (χ0v) is 15.1. The number of ether oxygens (including phenoxy) is 1. The maximum atomic E-state index is 14.2. The van der Waals surface area contributed by atoms with Gasteiger partial charge in [0.25, 0.3) is 0 Å². The molecule has 0 spiro atoms. The topological polar surface area (TPSA) is 9.23 Å². The van der Waals surface area contributed by atoms with Crippen molar-refractivity contribution >= 4 is 5.57 Å². The van der Waals surface area contributed by atoms with E-state index in [1.165, 1.54) is 13.2 Å². The number of allylic oxidation sites excluding steroid dienone is 2. The Balaban J connectivity index is 1.62. The van der Waals surface area contributed by atoms with Crippen molar-refractivity contribution in [2.75, 3.05) is 7.11 Å². The van der Waals surface area contributed by atoms with Crippen molar-refractivity contribution in [3.63, 3.8) is 0 Å². The Morgan fingerprint density at radius 1 is 1.08 bits per heavy atom. The van der Waals surface area contributed by atoms with E-state index in [0.29, 0.717) is 34.8 Å². The van der Waals surface area contributed by atoms with Crippen molar-refractivity contribution in [1.82, 2.24) is 0 Å². The van der Waals surface area contributed by atoms with Crippen LogP contribution >= 0.6 is 0 Å². The average molecular weight is 360 g/mol. The molecule has 138 valence electrons. The van der Waals surface area contributed by atoms with Crippen LogP contribution in [0.1, 0.15) is 42.4 Å². The van der Waals surface area contributed by atoms with E-state index in [4.69, 9.17) is 4.74 Å². The van der Waals surface area contributed by atoms with E-state index in [1.54, 1.807) is 31.2 Å². The van der Waals surface area contributed by atoms with Gasteiger partial charge < -0.3 is 4.74 Å². The van der Waals surface area contributed by atoms with Gasteiger partial charge in [-0.05, 0) is 73.8 Å². The lowest BCUT2D eigenvalue weighted by Gasteiger charge is -2.22. The first-order valence-electron chi connectivity index (χ1n) is 8.96. The highest BCUT2D eigenvalue weighted by atomic mass is 19.2. The molecule has 2 aromatic rings. The third kappa shape index (κ3) is 3.95. The van der Waals surface area contributed by atoms with Gasteiger partial charge in [0.1, 0.15) is 11.6 Å². The van der Waals surface area contributed by atoms with Crippen LogP contribution in [0, 0.1) is 30.3 Å². The quantitative estimate of drug-likeness (QED) is 0.613. The van der Waals surface area contributed by atoms with Crippen LogP contribution in [0.15, 0.2) is 36.4 Å². The molecule has 26 heavy (non-hydrogen) atoms. The number of halogens is 3. The van der Waals surface area contributed by atoms with Crippen molar-refractivity contribution < 1.29 is 17.9 Å². The van der Waals surface area contributed by atoms with E-state index in [2.05, 4.69) is 6.08 Å². The first-order valence-corrected chi connectivity index (χ1v) is 8.96. The summed E-state index contributed by atoms with van der Waals surface area (Å²) in [5.41, 5.74) is 2.40. The van der Waals surface area contributed by atoms with Crippen LogP contribution in [-0.4, -0.2) is 7.11 Å². The van der Waals surface area contributed by atoms with E-state index in [0.717, 1.165) is 31.3 Å². The maximum Gasteiger partial charge on any atom is 0.162 e. The molecular weight excluding hydrogens is 337 g/mol. The summed E-state index contributed by atoms with van der Waals surface area (Å²) in [6.45, 7) is 1.56. The first kappa shape index (κ1) is 18.6. The number of rotatable bonds is 5. The number of hydrogen-bond donors (Lipinski definition) is 0. The highest BCUT2D eigenvalue weighted by Crippen LogP contribution is 2.34. The van der Waals surface area contributed by atoms with Crippen LogP contribution in [0.2, 0.25) is 0 Å². The summed E-state index contributed by atoms with van der Waals surface area (Å²) in [4.78, 5) is 0. The number of hydrogen-bond acceptors (Lipinski definition) is 1. The van der Waals surface area contributed by atoms with Crippen molar-refractivity contribution in [2.45, 2.75) is 39.0 Å². The minimum Gasteiger partial charge on any atom is -0.497 e. The lowest BCUT2D eigenvalue weighted by atomic mass is 9.83. The second kappa shape index (κ2) is 7.98. The van der Waals surface area contributed by atoms with Crippen molar-refractivity contribution in [3.8, 4) is 5.75 Å². The SMILES string of the molecule is COc1ccc(C2=CCC(CCc3ccc(C)c(F)c3F)CC2)c(F)c1. The molecule has 0 aliphatic heterocycles. The molecular formula is C22H23F3O. The van der Waals surface area contributed by atoms with Gasteiger partial charge >= 0.3 is 0 Å². The number of methoxy groups -OCH3 is 1. The van der Waals surface area contributed by atoms with Gasteiger partial charge in [0.05, 0.1) is 7.11 Å². The predicted octanol–water partition coefficient (Wildman–Crippen LogP) is 6.24. The van der Waals surface area contributed by atoms with E-state index >= 15 is 0 Å². The molecule has 0 amide bonds. The van der Waals surface area contributed by atoms with Gasteiger partial charge in [-0.2, -0.15) is 0 Å². The van der Waals surface area contributed by atoms with Crippen LogP contribution < -0.4 is 4.74 Å². The zero-order chi connectivity index (χ0) is 18.7. The number of aryl methyl sites for hydroxylation is 2. The molecule has 1 atom stereocenters. The largest absolute Gasteiger partial charge is 0.497 e. The molecule has 1 aliphatic carbocycles. The van der Waals surface area contributed by atoms with E-state index in [1.807, 2.05) is 0 Å². The molecule has 1 unspecified atom stereocenters. The smallest absolute Gasteiger partial charge is 0.162 e. The summed E-state index contributed by atoms with van der Waals surface area (Å²) in [5.74, 6) is -0.830. The molecule has 0 bridgehead atoms. The lowest BCUT2D eigenvalue weighted by Crippen LogP contribution is -2.08. The second-order valence-corrected chi connectivity index (χ2v) is 6.92. The maximum absolute atomic E-state index is 14.2. The Bertz CT molecular complexity index is 826. The zero-order valence-electron chi connectivity index (χ0n) is 15.1. The first-order chi connectivity index (χ1) is 12.5. The van der Waals surface area contributed by atoms with Crippen molar-refractivity contribution in [3.05, 3.63) is 70.5 Å². The van der Waals surface area contributed by atoms with Crippen molar-refractivity contribution in [2.24, 2.45) is 5.92 Å². The normalized spacial score (nSPS) is 17.1. The fraction of sp³-hybridized carbons (Fsp3) is 0.364. The van der Waals surface area contributed by atoms with Gasteiger partial charge in [-0.1, -0.05) is 18.2 Å². The van der Waals surface area contributed by atoms with Crippen LogP contribution in [0.3, 0.4) is 0 Å². The highest BCUT2D eigenvalue weighted by molar-refractivity contribution is 5.67. The summed E-state index contributed by atoms with van der Waals surface area (Å²) in [6.07, 6.45) is 5.94. The van der Waals surface area contributed by atoms with E-state index in [-0.39, 0.29) is 5.82 Å². The predicted molar refractivity (Wildman–Crippen MR) is 97.7 cm³/mol. The molecule has 2 aromatic carbocycles. The Morgan fingerprint density at radius 2 is 1.88 bits per heavy atom. The van der Waals surface area contributed by atoms with E-state index < -0.39 is 11.6 Å². The fourth-order valence-electron chi connectivity index (χ4n) is 3.52. The van der Waals surface area contributed by atoms with Crippen LogP contribution in [-0.2, 0) is 6.42 Å². The minimum atomic E-state index is -0.747. The average Bonchev–Trinajstić information content (AvgIpc) is 2.66. The molecule has 0 fully saturated rings. The summed E-state index contributed by atoms with van der Waals surface area (Å²) in [6, 6.07) is 8.21. The molecule has 4 heteroatoms. The Labute approximate surface area is 152 Å². The van der Waals surface area contributed by atoms with Gasteiger partial charge in [-0.25, -0.2) is 13.2 Å². The summed E-state index contributed by atoms with van der Waals surface area (Å²) < 4.78 is 46.9. The Kier molecular flexibility index (Phi) is 5.70. The Morgan fingerprint density at radius 3 is 2.54 bits per heavy atom. The van der Waals surface area contributed by atoms with Crippen LogP contribution in [0.5, 0.6) is 5.75 Å². The van der Waals surface area contributed by atoms with Gasteiger partial charge in [0.15, 0.2) is 11.6 Å². The molecule has 0 N–H and O–H groups in total. The highest BCUT2D eigenvalue weighted by Gasteiger charge is 2.19. The third-order valence-corrected chi connectivity index (χ3v) is 5.22. The van der Waals surface area contributed by atoms with Crippen molar-refractivity contribution in [1.29, 1.82) is 0 Å². The van der Waals surface area contributed by atoms with Gasteiger partial charge in [0, 0.05) is 11.6 Å². The molecule has 0 aromatic heterocycles. The van der Waals surface area contributed by atoms with Gasteiger partial charge in [-0.15, -0.1) is 0 Å². The molecule has 0 heterocycles. The molecule has 1 aliphatic rings. The molecule has 1 nitrogen and oxygen atoms in total. The minimum absolute atomic E-state index is 0.272. The lowest BCUT2D eigenvalue weighted by molar-refractivity contribution is 0.411. The number of benzene rings is 2. The van der Waals surface area contributed by atoms with Gasteiger partial charge in [0.2, 0.25) is 0 Å². The molecule has 0 saturated carbocycles. The standard InChI is InChI=1S/C22H23F3O/c1-14-3-7-17(22(25)21(14)24)10-6-15-4-8-16(9-5-15)19-12-11-18(26-2)13-20(19)23/h3,7-8,11-13,15H,4-6,9-10H2,1-2H3.